The molecule has 0 unspecified atom stereocenters. The van der Waals surface area contributed by atoms with Gasteiger partial charge in [-0.15, -0.1) is 0 Å². The second-order valence-corrected chi connectivity index (χ2v) is 7.29. The molecule has 0 heterocycles. The van der Waals surface area contributed by atoms with Gasteiger partial charge in [0.05, 0.1) is 20.6 Å². The highest BCUT2D eigenvalue weighted by molar-refractivity contribution is 5.75. The summed E-state index contributed by atoms with van der Waals surface area (Å²) in [5.74, 6) is 0.175. The Morgan fingerprint density at radius 2 is 1.48 bits per heavy atom. The zero-order valence-electron chi connectivity index (χ0n) is 15.7. The van der Waals surface area contributed by atoms with Gasteiger partial charge in [0.25, 0.3) is 0 Å². The van der Waals surface area contributed by atoms with E-state index in [0.717, 1.165) is 32.2 Å². The third-order valence-corrected chi connectivity index (χ3v) is 4.34. The van der Waals surface area contributed by atoms with Crippen molar-refractivity contribution >= 4 is 12.2 Å². The summed E-state index contributed by atoms with van der Waals surface area (Å²) in [5, 5.41) is 2.99. The molecule has 0 saturated heterocycles. The van der Waals surface area contributed by atoms with Gasteiger partial charge in [0, 0.05) is 19.4 Å². The first-order valence-electron chi connectivity index (χ1n) is 9.54. The number of aldehydes is 1. The molecule has 0 bridgehead atoms. The van der Waals surface area contributed by atoms with E-state index in [1.807, 2.05) is 14.1 Å². The number of nitrogens with one attached hydrogen (secondary N) is 1. The van der Waals surface area contributed by atoms with E-state index in [1.165, 1.54) is 51.4 Å². The largest absolute Gasteiger partial charge is 0.356 e. The van der Waals surface area contributed by atoms with Crippen molar-refractivity contribution in [2.75, 3.05) is 33.7 Å². The molecule has 4 heteroatoms. The highest BCUT2D eigenvalue weighted by atomic mass is 16.1. The standard InChI is InChI=1S/C19H38N2O2/c1-4-5-6-7-8-9-10-11-12-14-19(23)20-15-13-16-21(2,3)17-18-22/h18H,4-17H2,1-3H3/p+1. The fourth-order valence-electron chi connectivity index (χ4n) is 2.71. The average molecular weight is 328 g/mol. The molecule has 0 aromatic rings. The van der Waals surface area contributed by atoms with E-state index in [1.54, 1.807) is 0 Å². The SMILES string of the molecule is CCCCCCCCCCCC(=O)NCCC[N+](C)(C)CC=O. The zero-order valence-corrected chi connectivity index (χ0v) is 15.7. The molecule has 0 aliphatic carbocycles. The van der Waals surface area contributed by atoms with Crippen LogP contribution in [0.15, 0.2) is 0 Å². The van der Waals surface area contributed by atoms with E-state index in [-0.39, 0.29) is 5.91 Å². The molecule has 0 atom stereocenters. The number of rotatable bonds is 16. The van der Waals surface area contributed by atoms with Crippen LogP contribution in [0.2, 0.25) is 0 Å². The lowest BCUT2D eigenvalue weighted by atomic mass is 10.1. The Morgan fingerprint density at radius 1 is 0.913 bits per heavy atom. The van der Waals surface area contributed by atoms with Crippen LogP contribution >= 0.6 is 0 Å². The lowest BCUT2D eigenvalue weighted by Gasteiger charge is -2.27. The van der Waals surface area contributed by atoms with Crippen LogP contribution in [0.1, 0.15) is 77.6 Å². The first kappa shape index (κ1) is 22.1. The van der Waals surface area contributed by atoms with Gasteiger partial charge in [-0.3, -0.25) is 9.59 Å². The smallest absolute Gasteiger partial charge is 0.219 e. The van der Waals surface area contributed by atoms with Crippen molar-refractivity contribution < 1.29 is 14.1 Å². The number of nitrogens with zero attached hydrogens (tertiary/aromatic N) is 1. The van der Waals surface area contributed by atoms with Gasteiger partial charge in [-0.25, -0.2) is 0 Å². The van der Waals surface area contributed by atoms with Crippen LogP contribution < -0.4 is 5.32 Å². The third-order valence-electron chi connectivity index (χ3n) is 4.34. The van der Waals surface area contributed by atoms with Gasteiger partial charge in [0.1, 0.15) is 6.54 Å². The predicted octanol–water partition coefficient (Wildman–Crippen LogP) is 3.69. The monoisotopic (exact) mass is 327 g/mol. The Morgan fingerprint density at radius 3 is 2.04 bits per heavy atom. The molecular weight excluding hydrogens is 288 g/mol. The van der Waals surface area contributed by atoms with Crippen molar-refractivity contribution in [2.24, 2.45) is 0 Å². The van der Waals surface area contributed by atoms with Crippen LogP contribution in [0.5, 0.6) is 0 Å². The summed E-state index contributed by atoms with van der Waals surface area (Å²) < 4.78 is 0.692. The Balaban J connectivity index is 3.36. The summed E-state index contributed by atoms with van der Waals surface area (Å²) in [6, 6.07) is 0. The summed E-state index contributed by atoms with van der Waals surface area (Å²) in [5.41, 5.74) is 0. The lowest BCUT2D eigenvalue weighted by molar-refractivity contribution is -0.881. The fraction of sp³-hybridized carbons (Fsp3) is 0.895. The van der Waals surface area contributed by atoms with Crippen molar-refractivity contribution in [1.82, 2.24) is 5.32 Å². The van der Waals surface area contributed by atoms with E-state index in [2.05, 4.69) is 12.2 Å². The van der Waals surface area contributed by atoms with Gasteiger partial charge in [-0.05, 0) is 6.42 Å². The lowest BCUT2D eigenvalue weighted by Crippen LogP contribution is -2.43. The average Bonchev–Trinajstić information content (AvgIpc) is 2.50. The minimum atomic E-state index is 0.175. The zero-order chi connectivity index (χ0) is 17.4. The molecule has 0 aliphatic rings. The van der Waals surface area contributed by atoms with Crippen molar-refractivity contribution in [3.8, 4) is 0 Å². The van der Waals surface area contributed by atoms with Crippen molar-refractivity contribution in [3.05, 3.63) is 0 Å². The van der Waals surface area contributed by atoms with Crippen molar-refractivity contribution in [3.63, 3.8) is 0 Å². The van der Waals surface area contributed by atoms with E-state index in [9.17, 15) is 9.59 Å². The van der Waals surface area contributed by atoms with Crippen molar-refractivity contribution in [2.45, 2.75) is 77.6 Å². The molecule has 0 radical (unpaired) electrons. The van der Waals surface area contributed by atoms with Gasteiger partial charge < -0.3 is 9.80 Å². The second kappa shape index (κ2) is 14.7. The van der Waals surface area contributed by atoms with Crippen LogP contribution in [0.25, 0.3) is 0 Å². The molecule has 1 N–H and O–H groups in total. The molecule has 0 aromatic heterocycles. The van der Waals surface area contributed by atoms with Gasteiger partial charge in [0.15, 0.2) is 6.29 Å². The normalized spacial score (nSPS) is 11.4. The van der Waals surface area contributed by atoms with Gasteiger partial charge in [0.2, 0.25) is 5.91 Å². The Hall–Kier alpha value is -0.900. The highest BCUT2D eigenvalue weighted by Gasteiger charge is 2.13. The van der Waals surface area contributed by atoms with E-state index in [0.29, 0.717) is 17.4 Å². The Bertz CT molecular complexity index is 304. The highest BCUT2D eigenvalue weighted by Crippen LogP contribution is 2.10. The Labute approximate surface area is 143 Å². The van der Waals surface area contributed by atoms with Crippen LogP contribution in [-0.4, -0.2) is 50.4 Å². The minimum absolute atomic E-state index is 0.175. The molecule has 0 saturated carbocycles. The number of hydrogen-bond acceptors (Lipinski definition) is 2. The van der Waals surface area contributed by atoms with Crippen LogP contribution in [0.4, 0.5) is 0 Å². The third kappa shape index (κ3) is 15.8. The van der Waals surface area contributed by atoms with E-state index >= 15 is 0 Å². The van der Waals surface area contributed by atoms with E-state index in [4.69, 9.17) is 0 Å². The quantitative estimate of drug-likeness (QED) is 0.267. The summed E-state index contributed by atoms with van der Waals surface area (Å²) in [4.78, 5) is 22.3. The fourth-order valence-corrected chi connectivity index (χ4v) is 2.71. The molecule has 0 fully saturated rings. The number of unbranched alkanes of at least 4 members (excludes halogenated alkanes) is 8. The minimum Gasteiger partial charge on any atom is -0.356 e. The molecule has 0 spiro atoms. The van der Waals surface area contributed by atoms with Crippen LogP contribution in [0.3, 0.4) is 0 Å². The maximum atomic E-state index is 11.7. The van der Waals surface area contributed by atoms with Gasteiger partial charge >= 0.3 is 0 Å². The summed E-state index contributed by atoms with van der Waals surface area (Å²) in [6.07, 6.45) is 14.1. The van der Waals surface area contributed by atoms with Gasteiger partial charge in [-0.2, -0.15) is 0 Å². The number of hydrogen-bond donors (Lipinski definition) is 1. The summed E-state index contributed by atoms with van der Waals surface area (Å²) >= 11 is 0. The maximum Gasteiger partial charge on any atom is 0.219 e. The topological polar surface area (TPSA) is 46.2 Å². The molecule has 0 aliphatic heterocycles. The Kier molecular flexibility index (Phi) is 14.1. The molecular formula is C19H39N2O2+. The number of carbonyl (C=O) groups excluding carboxylic acids is 2. The van der Waals surface area contributed by atoms with Crippen LogP contribution in [0, 0.1) is 0 Å². The number of likely N-dealkylation sites (N-methyl/N-ethyl adjacent to an activating group) is 1. The second-order valence-electron chi connectivity index (χ2n) is 7.29. The summed E-state index contributed by atoms with van der Waals surface area (Å²) in [6.45, 7) is 4.41. The van der Waals surface area contributed by atoms with Crippen LogP contribution in [-0.2, 0) is 9.59 Å². The molecule has 0 rings (SSSR count). The van der Waals surface area contributed by atoms with E-state index < -0.39 is 0 Å². The first-order valence-corrected chi connectivity index (χ1v) is 9.54. The molecule has 23 heavy (non-hydrogen) atoms. The number of carbonyl (C=O) groups is 2. The maximum absolute atomic E-state index is 11.7. The number of quaternary nitrogens is 1. The molecule has 4 nitrogen and oxygen atoms in total. The molecule has 0 aromatic carbocycles. The molecule has 1 amide bonds. The van der Waals surface area contributed by atoms with Gasteiger partial charge in [-0.1, -0.05) is 58.3 Å². The predicted molar refractivity (Wildman–Crippen MR) is 97.4 cm³/mol. The molecule has 136 valence electrons. The van der Waals surface area contributed by atoms with Crippen molar-refractivity contribution in [1.29, 1.82) is 0 Å². The number of amides is 1. The first-order chi connectivity index (χ1) is 11.0. The summed E-state index contributed by atoms with van der Waals surface area (Å²) in [7, 11) is 4.08.